The quantitative estimate of drug-likeness (QED) is 0.0279. The molecular formula is C41H64GeN20O4. The van der Waals surface area contributed by atoms with E-state index in [0.29, 0.717) is 90.1 Å². The number of aryl methyl sites for hydroxylation is 4. The molecule has 4 aromatic heterocycles. The van der Waals surface area contributed by atoms with Gasteiger partial charge in [0.25, 0.3) is 17.7 Å². The van der Waals surface area contributed by atoms with Gasteiger partial charge in [-0.1, -0.05) is 13.8 Å². The number of anilines is 2. The molecule has 0 bridgehead atoms. The fraction of sp³-hybridized carbons (Fsp3) is 0.366. The molecule has 0 saturated heterocycles. The van der Waals surface area contributed by atoms with Crippen LogP contribution < -0.4 is 55.7 Å². The topological polar surface area (TPSA) is 401 Å². The number of aliphatic imine (C=N–C) groups is 3. The number of aromatic nitrogens is 4. The summed E-state index contributed by atoms with van der Waals surface area (Å²) in [6, 6.07) is 6.21. The summed E-state index contributed by atoms with van der Waals surface area (Å²) in [4.78, 5) is 62.5. The Bertz CT molecular complexity index is 2450. The Hall–Kier alpha value is -7.64. The Labute approximate surface area is 390 Å². The molecule has 2 radical (unpaired) electrons. The molecule has 0 saturated carbocycles. The van der Waals surface area contributed by atoms with E-state index in [9.17, 15) is 19.2 Å². The van der Waals surface area contributed by atoms with Gasteiger partial charge in [0.15, 0.2) is 23.3 Å². The van der Waals surface area contributed by atoms with E-state index < -0.39 is 5.91 Å². The van der Waals surface area contributed by atoms with Gasteiger partial charge in [0, 0.05) is 52.7 Å². The van der Waals surface area contributed by atoms with E-state index in [1.54, 1.807) is 83.4 Å². The van der Waals surface area contributed by atoms with Gasteiger partial charge in [0.05, 0.1) is 22.9 Å². The van der Waals surface area contributed by atoms with E-state index in [1.807, 2.05) is 13.8 Å². The Morgan fingerprint density at radius 3 is 1.35 bits per heavy atom. The average molecular weight is 974 g/mol. The predicted molar refractivity (Wildman–Crippen MR) is 263 cm³/mol. The van der Waals surface area contributed by atoms with Crippen molar-refractivity contribution >= 4 is 96.8 Å². The van der Waals surface area contributed by atoms with Gasteiger partial charge in [0.2, 0.25) is 0 Å². The number of carbonyl (C=O) groups is 4. The minimum absolute atomic E-state index is 0.0756. The van der Waals surface area contributed by atoms with E-state index >= 15 is 0 Å². The monoisotopic (exact) mass is 974 g/mol. The molecule has 0 unspecified atom stereocenters. The Morgan fingerprint density at radius 1 is 0.591 bits per heavy atom. The summed E-state index contributed by atoms with van der Waals surface area (Å²) in [6.45, 7) is 5.65. The van der Waals surface area contributed by atoms with Gasteiger partial charge in [-0.05, 0) is 24.6 Å². The third-order valence-corrected chi connectivity index (χ3v) is 10.5. The number of hydrogen-bond donors (Lipinski definition) is 13. The van der Waals surface area contributed by atoms with Crippen molar-refractivity contribution in [2.75, 3.05) is 30.3 Å². The standard InChI is InChI=1S/C21H32GeN10O2.C18H26N10O2.C2H6/c1-22-6-8-27-17(23)5-4-7-28-20(33)15-10-14(12-31(15)2)30-21(34)16-9-13(11-32(16)3)29-19(26)18(24)25;1-27-9-11(7-12(27)17(29)24-5-3-4-14(19)20)26-18(30)13-6-10(8-28(13)2)25-16(23)15(21)22;1-2/h9-12H,4-8H2,1-3H3,(H2,23,27)(H3,24,25)(H2,26,29)(H,28,33)(H,30,34);6-9H,3-5H2,1-2H3,(H3,19,20)(H3,21,22)(H2,23,25)(H,24,29)(H,26,30);1-2H3. The number of rotatable bonds is 19. The second-order valence-corrected chi connectivity index (χ2v) is 16.8. The molecule has 4 aromatic rings. The van der Waals surface area contributed by atoms with Gasteiger partial charge in [-0.15, -0.1) is 0 Å². The van der Waals surface area contributed by atoms with E-state index in [1.165, 1.54) is 12.1 Å². The van der Waals surface area contributed by atoms with Crippen LogP contribution in [0.15, 0.2) is 64.0 Å². The van der Waals surface area contributed by atoms with Gasteiger partial charge in [-0.2, -0.15) is 0 Å². The van der Waals surface area contributed by atoms with E-state index in [0.717, 1.165) is 11.8 Å². The molecule has 0 fully saturated rings. The molecule has 4 heterocycles. The Kier molecular flexibility index (Phi) is 22.2. The van der Waals surface area contributed by atoms with Crippen LogP contribution in [0.25, 0.3) is 0 Å². The van der Waals surface area contributed by atoms with Gasteiger partial charge in [-0.3, -0.25) is 30.6 Å². The molecule has 0 aromatic carbocycles. The third kappa shape index (κ3) is 17.5. The van der Waals surface area contributed by atoms with Crippen molar-refractivity contribution in [1.29, 1.82) is 16.2 Å². The van der Waals surface area contributed by atoms with Crippen molar-refractivity contribution in [2.24, 2.45) is 77.6 Å². The summed E-state index contributed by atoms with van der Waals surface area (Å²) < 4.78 is 6.39. The molecule has 4 rings (SSSR count). The maximum absolute atomic E-state index is 12.7. The van der Waals surface area contributed by atoms with Crippen molar-refractivity contribution in [2.45, 2.75) is 50.5 Å². The Balaban J connectivity index is 0.000000440. The van der Waals surface area contributed by atoms with Gasteiger partial charge < -0.3 is 58.3 Å². The van der Waals surface area contributed by atoms with Crippen molar-refractivity contribution in [1.82, 2.24) is 28.9 Å². The van der Waals surface area contributed by atoms with Gasteiger partial charge >= 0.3 is 120 Å². The first-order chi connectivity index (χ1) is 31.2. The van der Waals surface area contributed by atoms with Crippen molar-refractivity contribution in [3.05, 3.63) is 71.8 Å². The number of amides is 4. The molecule has 0 aliphatic carbocycles. The van der Waals surface area contributed by atoms with Crippen molar-refractivity contribution in [3.8, 4) is 0 Å². The van der Waals surface area contributed by atoms with Crippen LogP contribution >= 0.6 is 0 Å². The van der Waals surface area contributed by atoms with E-state index in [2.05, 4.69) is 42.0 Å². The van der Waals surface area contributed by atoms with Crippen LogP contribution in [0.3, 0.4) is 0 Å². The molecule has 25 heteroatoms. The number of amidine groups is 6. The molecule has 19 N–H and O–H groups in total. The Morgan fingerprint density at radius 2 is 0.970 bits per heavy atom. The third-order valence-electron chi connectivity index (χ3n) is 8.97. The predicted octanol–water partition coefficient (Wildman–Crippen LogP) is 1.59. The second kappa shape index (κ2) is 26.9. The van der Waals surface area contributed by atoms with Crippen LogP contribution in [-0.2, 0) is 28.2 Å². The SMILES string of the molecule is CC.Cn1cc(NC(=O)c2cc(N=C(N)C(=N)N)cn2C)cc1C(=O)NCCCC(=N)N.[CH3][Ge][CH2]CN=C(N)CCCNC(=O)c1cc(NC(=O)c2cc(N=C(N)C(=N)N)cn2C)cn1C. The molecule has 0 aliphatic heterocycles. The summed E-state index contributed by atoms with van der Waals surface area (Å²) in [6.07, 6.45) is 8.77. The summed E-state index contributed by atoms with van der Waals surface area (Å²) >= 11 is 0.111. The number of nitrogens with two attached hydrogens (primary N) is 6. The van der Waals surface area contributed by atoms with Gasteiger partial charge in [0.1, 0.15) is 17.1 Å². The average Bonchev–Trinajstić information content (AvgIpc) is 4.03. The molecule has 0 aliphatic rings. The molecule has 24 nitrogen and oxygen atoms in total. The molecule has 0 atom stereocenters. The second-order valence-electron chi connectivity index (χ2n) is 14.3. The molecular weight excluding hydrogens is 909 g/mol. The number of nitrogens with zero attached hydrogens (tertiary/aromatic N) is 7. The first-order valence-corrected chi connectivity index (χ1v) is 24.3. The number of carbonyl (C=O) groups excluding carboxylic acids is 4. The van der Waals surface area contributed by atoms with Crippen LogP contribution in [0.5, 0.6) is 0 Å². The fourth-order valence-electron chi connectivity index (χ4n) is 5.70. The van der Waals surface area contributed by atoms with Crippen LogP contribution in [-0.4, -0.2) is 112 Å². The van der Waals surface area contributed by atoms with E-state index in [4.69, 9.17) is 50.6 Å². The first-order valence-electron chi connectivity index (χ1n) is 20.7. The van der Waals surface area contributed by atoms with Gasteiger partial charge in [-0.25, -0.2) is 9.98 Å². The van der Waals surface area contributed by atoms with Crippen LogP contribution in [0, 0.1) is 16.2 Å². The zero-order valence-corrected chi connectivity index (χ0v) is 40.6. The molecule has 356 valence electrons. The maximum atomic E-state index is 12.7. The summed E-state index contributed by atoms with van der Waals surface area (Å²) in [5.74, 6) is 0.603. The zero-order chi connectivity index (χ0) is 49.7. The van der Waals surface area contributed by atoms with Crippen molar-refractivity contribution in [3.63, 3.8) is 0 Å². The summed E-state index contributed by atoms with van der Waals surface area (Å²) in [5, 5.41) is 34.0. The van der Waals surface area contributed by atoms with Crippen LogP contribution in [0.4, 0.5) is 22.7 Å². The molecule has 0 spiro atoms. The summed E-state index contributed by atoms with van der Waals surface area (Å²) in [7, 11) is 6.78. The van der Waals surface area contributed by atoms with Crippen molar-refractivity contribution < 1.29 is 19.2 Å². The number of hydrogen-bond acceptors (Lipinski definition) is 10. The van der Waals surface area contributed by atoms with E-state index in [-0.39, 0.29) is 62.3 Å². The zero-order valence-electron chi connectivity index (χ0n) is 38.5. The number of nitrogens with one attached hydrogen (secondary N) is 7. The summed E-state index contributed by atoms with van der Waals surface area (Å²) in [5.41, 5.74) is 36.0. The minimum atomic E-state index is -0.403. The molecule has 4 amide bonds. The van der Waals surface area contributed by atoms with Crippen LogP contribution in [0.2, 0.25) is 11.0 Å². The normalized spacial score (nSPS) is 11.3. The molecule has 66 heavy (non-hydrogen) atoms. The fourth-order valence-corrected chi connectivity index (χ4v) is 6.40. The first kappa shape index (κ1) is 54.5. The van der Waals surface area contributed by atoms with Crippen LogP contribution in [0.1, 0.15) is 81.5 Å².